The molecule has 0 aliphatic rings. The normalized spacial score (nSPS) is 12.0. The van der Waals surface area contributed by atoms with Gasteiger partial charge in [0, 0.05) is 11.1 Å². The van der Waals surface area contributed by atoms with E-state index >= 15 is 0 Å². The van der Waals surface area contributed by atoms with Crippen LogP contribution in [0.15, 0.2) is 45.0 Å². The van der Waals surface area contributed by atoms with Crippen LogP contribution in [0.1, 0.15) is 5.56 Å². The Hall–Kier alpha value is -2.29. The van der Waals surface area contributed by atoms with Crippen LogP contribution in [-0.2, 0) is 6.18 Å². The number of hydrogen-bond acceptors (Lipinski definition) is 6. The lowest BCUT2D eigenvalue weighted by Crippen LogP contribution is -2.05. The maximum absolute atomic E-state index is 12.5. The highest BCUT2D eigenvalue weighted by molar-refractivity contribution is 7.99. The van der Waals surface area contributed by atoms with E-state index in [1.165, 1.54) is 6.07 Å². The Kier molecular flexibility index (Phi) is 3.20. The molecule has 0 aliphatic heterocycles. The monoisotopic (exact) mass is 312 g/mol. The molecule has 0 saturated heterocycles. The summed E-state index contributed by atoms with van der Waals surface area (Å²) >= 11 is 1.15. The summed E-state index contributed by atoms with van der Waals surface area (Å²) in [4.78, 5) is 4.43. The molecule has 0 spiro atoms. The molecule has 0 saturated carbocycles. The number of aromatic nitrogens is 3. The molecule has 3 rings (SSSR count). The predicted molar refractivity (Wildman–Crippen MR) is 69.6 cm³/mol. The summed E-state index contributed by atoms with van der Waals surface area (Å²) < 4.78 is 42.0. The first-order chi connectivity index (χ1) is 9.95. The van der Waals surface area contributed by atoms with Gasteiger partial charge in [-0.3, -0.25) is 0 Å². The van der Waals surface area contributed by atoms with Gasteiger partial charge in [0.2, 0.25) is 0 Å². The van der Waals surface area contributed by atoms with E-state index in [9.17, 15) is 13.2 Å². The molecule has 5 nitrogen and oxygen atoms in total. The summed E-state index contributed by atoms with van der Waals surface area (Å²) in [7, 11) is 0. The molecular formula is C12H7F3N4OS. The van der Waals surface area contributed by atoms with Gasteiger partial charge in [-0.05, 0) is 34.6 Å². The summed E-state index contributed by atoms with van der Waals surface area (Å²) in [5.74, 6) is 0. The smallest absolute Gasteiger partial charge is 0.397 e. The fourth-order valence-corrected chi connectivity index (χ4v) is 2.50. The van der Waals surface area contributed by atoms with Gasteiger partial charge in [0.25, 0.3) is 0 Å². The first-order valence-electron chi connectivity index (χ1n) is 5.67. The molecule has 0 atom stereocenters. The van der Waals surface area contributed by atoms with Crippen LogP contribution in [0.4, 0.5) is 18.9 Å². The van der Waals surface area contributed by atoms with E-state index in [2.05, 4.69) is 19.9 Å². The lowest BCUT2D eigenvalue weighted by Gasteiger charge is -2.06. The van der Waals surface area contributed by atoms with Crippen LogP contribution in [0, 0.1) is 0 Å². The van der Waals surface area contributed by atoms with Crippen LogP contribution in [0.2, 0.25) is 0 Å². The number of benzene rings is 1. The molecule has 2 N–H and O–H groups in total. The van der Waals surface area contributed by atoms with E-state index in [1.54, 1.807) is 12.1 Å². The summed E-state index contributed by atoms with van der Waals surface area (Å²) in [6.07, 6.45) is -3.61. The quantitative estimate of drug-likeness (QED) is 0.731. The van der Waals surface area contributed by atoms with Crippen LogP contribution in [0.25, 0.3) is 11.0 Å². The summed E-state index contributed by atoms with van der Waals surface area (Å²) in [5.41, 5.74) is 6.19. The molecular weight excluding hydrogens is 305 g/mol. The van der Waals surface area contributed by atoms with Crippen molar-refractivity contribution in [2.24, 2.45) is 0 Å². The van der Waals surface area contributed by atoms with Crippen molar-refractivity contribution >= 4 is 28.5 Å². The van der Waals surface area contributed by atoms with Crippen molar-refractivity contribution in [3.63, 3.8) is 0 Å². The van der Waals surface area contributed by atoms with Gasteiger partial charge in [0.1, 0.15) is 5.03 Å². The molecule has 0 unspecified atom stereocenters. The third-order valence-electron chi connectivity index (χ3n) is 2.69. The second kappa shape index (κ2) is 4.92. The zero-order valence-corrected chi connectivity index (χ0v) is 11.1. The number of nitrogens with two attached hydrogens (primary N) is 1. The first kappa shape index (κ1) is 13.7. The Labute approximate surface area is 120 Å². The number of alkyl halides is 3. The highest BCUT2D eigenvalue weighted by atomic mass is 32.2. The van der Waals surface area contributed by atoms with Crippen molar-refractivity contribution in [2.45, 2.75) is 16.1 Å². The zero-order valence-electron chi connectivity index (χ0n) is 10.3. The van der Waals surface area contributed by atoms with Crippen molar-refractivity contribution in [1.82, 2.24) is 15.3 Å². The van der Waals surface area contributed by atoms with Gasteiger partial charge in [-0.1, -0.05) is 11.8 Å². The van der Waals surface area contributed by atoms with Crippen LogP contribution in [0.3, 0.4) is 0 Å². The average molecular weight is 312 g/mol. The molecule has 0 amide bonds. The molecule has 9 heteroatoms. The van der Waals surface area contributed by atoms with E-state index in [1.807, 2.05) is 0 Å². The minimum absolute atomic E-state index is 0.400. The van der Waals surface area contributed by atoms with Crippen LogP contribution in [0.5, 0.6) is 0 Å². The van der Waals surface area contributed by atoms with E-state index in [4.69, 9.17) is 5.73 Å². The maximum Gasteiger partial charge on any atom is 0.417 e. The third kappa shape index (κ3) is 2.64. The SMILES string of the molecule is Nc1ccc(Sc2ccc(C(F)(F)F)cn2)c2nonc12. The lowest BCUT2D eigenvalue weighted by molar-refractivity contribution is -0.137. The molecule has 0 bridgehead atoms. The molecule has 0 radical (unpaired) electrons. The molecule has 108 valence electrons. The Morgan fingerprint density at radius 1 is 1.05 bits per heavy atom. The molecule has 2 heterocycles. The van der Waals surface area contributed by atoms with Gasteiger partial charge in [-0.25, -0.2) is 9.61 Å². The maximum atomic E-state index is 12.5. The minimum Gasteiger partial charge on any atom is -0.397 e. The molecule has 1 aromatic carbocycles. The largest absolute Gasteiger partial charge is 0.417 e. The number of anilines is 1. The Morgan fingerprint density at radius 3 is 2.48 bits per heavy atom. The molecule has 0 aliphatic carbocycles. The summed E-state index contributed by atoms with van der Waals surface area (Å²) in [6, 6.07) is 5.58. The number of fused-ring (bicyclic) bond motifs is 1. The number of halogens is 3. The molecule has 3 aromatic rings. The third-order valence-corrected chi connectivity index (χ3v) is 3.69. The van der Waals surface area contributed by atoms with Gasteiger partial charge in [-0.15, -0.1) is 0 Å². The van der Waals surface area contributed by atoms with Crippen molar-refractivity contribution in [1.29, 1.82) is 0 Å². The van der Waals surface area contributed by atoms with Crippen LogP contribution in [-0.4, -0.2) is 15.3 Å². The average Bonchev–Trinajstić information content (AvgIpc) is 2.92. The highest BCUT2D eigenvalue weighted by Crippen LogP contribution is 2.34. The minimum atomic E-state index is -4.40. The molecule has 2 aromatic heterocycles. The summed E-state index contributed by atoms with van der Waals surface area (Å²) in [5, 5.41) is 7.81. The van der Waals surface area contributed by atoms with Gasteiger partial charge in [0.05, 0.1) is 11.3 Å². The van der Waals surface area contributed by atoms with E-state index in [-0.39, 0.29) is 0 Å². The Morgan fingerprint density at radius 2 is 1.81 bits per heavy atom. The molecule has 21 heavy (non-hydrogen) atoms. The zero-order chi connectivity index (χ0) is 15.0. The van der Waals surface area contributed by atoms with Crippen molar-refractivity contribution < 1.29 is 17.8 Å². The lowest BCUT2D eigenvalue weighted by atomic mass is 10.3. The topological polar surface area (TPSA) is 77.8 Å². The standard InChI is InChI=1S/C12H7F3N4OS/c13-12(14,15)6-1-4-9(17-5-6)21-8-3-2-7(16)10-11(8)19-20-18-10/h1-5H,16H2. The second-order valence-electron chi connectivity index (χ2n) is 4.10. The van der Waals surface area contributed by atoms with E-state index in [0.717, 1.165) is 24.0 Å². The van der Waals surface area contributed by atoms with Gasteiger partial charge in [-0.2, -0.15) is 13.2 Å². The van der Waals surface area contributed by atoms with Gasteiger partial charge < -0.3 is 5.73 Å². The van der Waals surface area contributed by atoms with Crippen molar-refractivity contribution in [2.75, 3.05) is 5.73 Å². The number of hydrogen-bond donors (Lipinski definition) is 1. The van der Waals surface area contributed by atoms with Crippen LogP contribution < -0.4 is 5.73 Å². The fraction of sp³-hybridized carbons (Fsp3) is 0.0833. The van der Waals surface area contributed by atoms with E-state index in [0.29, 0.717) is 26.6 Å². The van der Waals surface area contributed by atoms with Gasteiger partial charge in [0.15, 0.2) is 11.0 Å². The Balaban J connectivity index is 1.92. The number of nitrogen functional groups attached to an aromatic ring is 1. The van der Waals surface area contributed by atoms with Crippen LogP contribution >= 0.6 is 11.8 Å². The number of pyridine rings is 1. The first-order valence-corrected chi connectivity index (χ1v) is 6.48. The molecule has 0 fully saturated rings. The van der Waals surface area contributed by atoms with Crippen molar-refractivity contribution in [3.05, 3.63) is 36.0 Å². The highest BCUT2D eigenvalue weighted by Gasteiger charge is 2.30. The fourth-order valence-electron chi connectivity index (χ4n) is 1.67. The van der Waals surface area contributed by atoms with E-state index < -0.39 is 11.7 Å². The number of rotatable bonds is 2. The Bertz CT molecular complexity index is 785. The summed E-state index contributed by atoms with van der Waals surface area (Å²) in [6.45, 7) is 0. The second-order valence-corrected chi connectivity index (χ2v) is 5.16. The van der Waals surface area contributed by atoms with Crippen molar-refractivity contribution in [3.8, 4) is 0 Å². The van der Waals surface area contributed by atoms with Gasteiger partial charge >= 0.3 is 6.18 Å². The predicted octanol–water partition coefficient (Wildman–Crippen LogP) is 3.37. The number of nitrogens with zero attached hydrogens (tertiary/aromatic N) is 3.